The Hall–Kier alpha value is -3.43. The molecule has 1 aliphatic heterocycles. The van der Waals surface area contributed by atoms with Crippen molar-refractivity contribution >= 4 is 46.3 Å². The molecule has 0 radical (unpaired) electrons. The summed E-state index contributed by atoms with van der Waals surface area (Å²) < 4.78 is 14.9. The second-order valence-corrected chi connectivity index (χ2v) is 7.98. The number of hydrogen-bond donors (Lipinski definition) is 0. The molecule has 1 saturated heterocycles. The number of carbonyl (C=O) groups is 2. The van der Waals surface area contributed by atoms with Gasteiger partial charge in [-0.15, -0.1) is 0 Å². The Balaban J connectivity index is 1.62. The third kappa shape index (κ3) is 4.23. The van der Waals surface area contributed by atoms with Crippen molar-refractivity contribution in [3.05, 3.63) is 97.9 Å². The van der Waals surface area contributed by atoms with Crippen molar-refractivity contribution in [2.75, 3.05) is 0 Å². The van der Waals surface area contributed by atoms with Crippen molar-refractivity contribution in [3.63, 3.8) is 0 Å². The highest BCUT2D eigenvalue weighted by molar-refractivity contribution is 8.18. The third-order valence-electron chi connectivity index (χ3n) is 4.60. The van der Waals surface area contributed by atoms with E-state index in [0.29, 0.717) is 16.9 Å². The predicted molar refractivity (Wildman–Crippen MR) is 115 cm³/mol. The highest BCUT2D eigenvalue weighted by Crippen LogP contribution is 2.34. The SMILES string of the molecule is O=C1SC(=Cc2cccn2-c2cccc([N+](=O)[O-])c2)C(=O)N1Cc1ccc(F)cc1Cl. The molecule has 0 unspecified atom stereocenters. The van der Waals surface area contributed by atoms with Crippen LogP contribution in [0, 0.1) is 15.9 Å². The maximum Gasteiger partial charge on any atom is 0.293 e. The van der Waals surface area contributed by atoms with Gasteiger partial charge in [0.25, 0.3) is 16.8 Å². The first kappa shape index (κ1) is 20.8. The Morgan fingerprint density at radius 3 is 2.68 bits per heavy atom. The average Bonchev–Trinajstić information content (AvgIpc) is 3.30. The number of non-ortho nitro benzene ring substituents is 1. The van der Waals surface area contributed by atoms with E-state index in [2.05, 4.69) is 0 Å². The first-order valence-corrected chi connectivity index (χ1v) is 10.1. The molecule has 0 spiro atoms. The lowest BCUT2D eigenvalue weighted by Gasteiger charge is -2.13. The lowest BCUT2D eigenvalue weighted by Crippen LogP contribution is -2.27. The van der Waals surface area contributed by atoms with Gasteiger partial charge >= 0.3 is 0 Å². The lowest BCUT2D eigenvalue weighted by molar-refractivity contribution is -0.384. The van der Waals surface area contributed by atoms with Gasteiger partial charge in [-0.25, -0.2) is 4.39 Å². The fourth-order valence-electron chi connectivity index (χ4n) is 3.09. The van der Waals surface area contributed by atoms with Gasteiger partial charge in [0.15, 0.2) is 0 Å². The fourth-order valence-corrected chi connectivity index (χ4v) is 4.14. The second kappa shape index (κ2) is 8.37. The number of rotatable bonds is 5. The van der Waals surface area contributed by atoms with Crippen molar-refractivity contribution in [3.8, 4) is 5.69 Å². The lowest BCUT2D eigenvalue weighted by atomic mass is 10.2. The van der Waals surface area contributed by atoms with E-state index in [1.165, 1.54) is 24.3 Å². The molecule has 0 bridgehead atoms. The molecule has 7 nitrogen and oxygen atoms in total. The Morgan fingerprint density at radius 1 is 1.13 bits per heavy atom. The number of benzene rings is 2. The van der Waals surface area contributed by atoms with E-state index in [1.54, 1.807) is 41.1 Å². The molecule has 3 aromatic rings. The quantitative estimate of drug-likeness (QED) is 0.290. The monoisotopic (exact) mass is 457 g/mol. The maximum atomic E-state index is 13.3. The van der Waals surface area contributed by atoms with Crippen LogP contribution in [0.4, 0.5) is 14.9 Å². The van der Waals surface area contributed by atoms with Crippen LogP contribution in [-0.2, 0) is 11.3 Å². The minimum atomic E-state index is -0.510. The van der Waals surface area contributed by atoms with Crippen LogP contribution in [0.5, 0.6) is 0 Å². The van der Waals surface area contributed by atoms with E-state index in [9.17, 15) is 24.1 Å². The molecule has 2 aromatic carbocycles. The van der Waals surface area contributed by atoms with Gasteiger partial charge in [-0.1, -0.05) is 23.7 Å². The Labute approximate surface area is 184 Å². The van der Waals surface area contributed by atoms with Gasteiger partial charge in [0, 0.05) is 29.0 Å². The molecule has 0 N–H and O–H groups in total. The van der Waals surface area contributed by atoms with Crippen LogP contribution in [0.25, 0.3) is 11.8 Å². The summed E-state index contributed by atoms with van der Waals surface area (Å²) in [4.78, 5) is 37.0. The number of nitro groups is 1. The Morgan fingerprint density at radius 2 is 1.94 bits per heavy atom. The van der Waals surface area contributed by atoms with Gasteiger partial charge in [-0.05, 0) is 53.7 Å². The molecule has 0 aliphatic carbocycles. The van der Waals surface area contributed by atoms with Crippen LogP contribution in [0.1, 0.15) is 11.3 Å². The predicted octanol–water partition coefficient (Wildman–Crippen LogP) is 5.41. The van der Waals surface area contributed by atoms with Crippen LogP contribution in [0.2, 0.25) is 5.02 Å². The Bertz CT molecular complexity index is 1260. The summed E-state index contributed by atoms with van der Waals surface area (Å²) in [6.07, 6.45) is 3.25. The van der Waals surface area contributed by atoms with E-state index in [1.807, 2.05) is 0 Å². The standard InChI is InChI=1S/C21H13ClFN3O4S/c22-18-9-14(23)7-6-13(18)12-25-20(27)19(31-21(25)28)11-16-5-2-8-24(16)15-3-1-4-17(10-15)26(29)30/h1-11H,12H2. The molecule has 2 amide bonds. The number of hydrogen-bond acceptors (Lipinski definition) is 5. The van der Waals surface area contributed by atoms with Crippen molar-refractivity contribution in [1.29, 1.82) is 0 Å². The molecule has 2 heterocycles. The number of aromatic nitrogens is 1. The number of carbonyl (C=O) groups excluding carboxylic acids is 2. The zero-order chi connectivity index (χ0) is 22.1. The molecule has 31 heavy (non-hydrogen) atoms. The molecule has 0 atom stereocenters. The van der Waals surface area contributed by atoms with Crippen LogP contribution in [-0.4, -0.2) is 25.5 Å². The van der Waals surface area contributed by atoms with Gasteiger partial charge < -0.3 is 4.57 Å². The first-order chi connectivity index (χ1) is 14.8. The number of amides is 2. The normalized spacial score (nSPS) is 15.2. The number of halogens is 2. The second-order valence-electron chi connectivity index (χ2n) is 6.58. The summed E-state index contributed by atoms with van der Waals surface area (Å²) in [5.41, 5.74) is 1.51. The van der Waals surface area contributed by atoms with Crippen molar-refractivity contribution < 1.29 is 18.9 Å². The minimum absolute atomic E-state index is 0.0614. The maximum absolute atomic E-state index is 13.3. The Kier molecular flexibility index (Phi) is 5.62. The molecule has 0 saturated carbocycles. The summed E-state index contributed by atoms with van der Waals surface area (Å²) in [5, 5.41) is 10.7. The van der Waals surface area contributed by atoms with E-state index in [0.717, 1.165) is 22.7 Å². The molecule has 1 aromatic heterocycles. The smallest absolute Gasteiger partial charge is 0.293 e. The number of nitro benzene ring substituents is 1. The summed E-state index contributed by atoms with van der Waals surface area (Å²) in [6.45, 7) is -0.0764. The van der Waals surface area contributed by atoms with Gasteiger partial charge in [0.1, 0.15) is 5.82 Å². The first-order valence-electron chi connectivity index (χ1n) is 8.95. The molecule has 4 rings (SSSR count). The van der Waals surface area contributed by atoms with Crippen LogP contribution < -0.4 is 0 Å². The largest absolute Gasteiger partial charge is 0.317 e. The van der Waals surface area contributed by atoms with Crippen molar-refractivity contribution in [1.82, 2.24) is 9.47 Å². The van der Waals surface area contributed by atoms with Crippen molar-refractivity contribution in [2.24, 2.45) is 0 Å². The van der Waals surface area contributed by atoms with Gasteiger partial charge in [-0.2, -0.15) is 0 Å². The minimum Gasteiger partial charge on any atom is -0.317 e. The zero-order valence-corrected chi connectivity index (χ0v) is 17.3. The number of nitrogens with zero attached hydrogens (tertiary/aromatic N) is 3. The van der Waals surface area contributed by atoms with E-state index < -0.39 is 21.9 Å². The van der Waals surface area contributed by atoms with E-state index >= 15 is 0 Å². The van der Waals surface area contributed by atoms with E-state index in [-0.39, 0.29) is 22.2 Å². The summed E-state index contributed by atoms with van der Waals surface area (Å²) in [6, 6.07) is 13.3. The van der Waals surface area contributed by atoms with Crippen LogP contribution in [0.3, 0.4) is 0 Å². The molecular weight excluding hydrogens is 445 g/mol. The number of thioether (sulfide) groups is 1. The van der Waals surface area contributed by atoms with Crippen LogP contribution in [0.15, 0.2) is 65.7 Å². The molecule has 10 heteroatoms. The summed E-state index contributed by atoms with van der Waals surface area (Å²) in [7, 11) is 0. The molecule has 1 aliphatic rings. The number of imide groups is 1. The van der Waals surface area contributed by atoms with Gasteiger partial charge in [0.2, 0.25) is 0 Å². The zero-order valence-electron chi connectivity index (χ0n) is 15.7. The summed E-state index contributed by atoms with van der Waals surface area (Å²) in [5.74, 6) is -1.01. The average molecular weight is 458 g/mol. The van der Waals surface area contributed by atoms with Crippen molar-refractivity contribution in [2.45, 2.75) is 6.54 Å². The summed E-state index contributed by atoms with van der Waals surface area (Å²) >= 11 is 6.80. The molecular formula is C21H13ClFN3O4S. The fraction of sp³-hybridized carbons (Fsp3) is 0.0476. The molecule has 1 fully saturated rings. The van der Waals surface area contributed by atoms with Crippen LogP contribution >= 0.6 is 23.4 Å². The van der Waals surface area contributed by atoms with Gasteiger partial charge in [-0.3, -0.25) is 24.6 Å². The third-order valence-corrected chi connectivity index (χ3v) is 5.85. The topological polar surface area (TPSA) is 85.5 Å². The highest BCUT2D eigenvalue weighted by Gasteiger charge is 2.35. The molecule has 156 valence electrons. The van der Waals surface area contributed by atoms with E-state index in [4.69, 9.17) is 11.6 Å². The highest BCUT2D eigenvalue weighted by atomic mass is 35.5. The van der Waals surface area contributed by atoms with Gasteiger partial charge in [0.05, 0.1) is 22.1 Å².